The van der Waals surface area contributed by atoms with Crippen LogP contribution in [0.3, 0.4) is 0 Å². The Balaban J connectivity index is 1.65. The summed E-state index contributed by atoms with van der Waals surface area (Å²) in [5, 5.41) is 25.8. The van der Waals surface area contributed by atoms with Gasteiger partial charge in [0.1, 0.15) is 42.0 Å². The highest BCUT2D eigenvalue weighted by atomic mass is 16.7. The Kier molecular flexibility index (Phi) is 13.3. The van der Waals surface area contributed by atoms with Crippen molar-refractivity contribution >= 4 is 47.8 Å². The van der Waals surface area contributed by atoms with Crippen LogP contribution in [0.2, 0.25) is 0 Å². The molecule has 3 fully saturated rings. The Morgan fingerprint density at radius 3 is 1.82 bits per heavy atom. The van der Waals surface area contributed by atoms with Gasteiger partial charge in [-0.05, 0) is 70.0 Å². The maximum atomic E-state index is 14.7. The topological polar surface area (TPSA) is 273 Å². The molecular weight excluding hydrogens is 895 g/mol. The number of aromatic nitrogens is 1. The second-order valence-electron chi connectivity index (χ2n) is 17.9. The zero-order chi connectivity index (χ0) is 49.6. The zero-order valence-electron chi connectivity index (χ0n) is 38.2. The van der Waals surface area contributed by atoms with Gasteiger partial charge in [-0.3, -0.25) is 24.2 Å². The van der Waals surface area contributed by atoms with E-state index in [1.165, 1.54) is 73.8 Å². The van der Waals surface area contributed by atoms with Gasteiger partial charge in [0.2, 0.25) is 0 Å². The van der Waals surface area contributed by atoms with Gasteiger partial charge in [0.15, 0.2) is 35.6 Å². The van der Waals surface area contributed by atoms with Crippen LogP contribution in [0.5, 0.6) is 0 Å². The largest absolute Gasteiger partial charge is 0.465 e. The smallest absolute Gasteiger partial charge is 0.340 e. The van der Waals surface area contributed by atoms with E-state index in [2.05, 4.69) is 4.98 Å². The molecule has 3 aromatic rings. The zero-order valence-corrected chi connectivity index (χ0v) is 38.2. The molecule has 4 aliphatic rings. The Morgan fingerprint density at radius 2 is 1.25 bits per heavy atom. The summed E-state index contributed by atoms with van der Waals surface area (Å²) in [7, 11) is 0. The molecule has 68 heavy (non-hydrogen) atoms. The number of carbonyl (C=O) groups is 8. The number of hydrogen-bond donors (Lipinski definition) is 2. The summed E-state index contributed by atoms with van der Waals surface area (Å²) in [4.78, 5) is 116. The van der Waals surface area contributed by atoms with Crippen LogP contribution in [-0.2, 0) is 73.0 Å². The molecule has 2 saturated carbocycles. The second kappa shape index (κ2) is 18.4. The number of carbonyl (C=O) groups excluding carboxylic acids is 8. The lowest BCUT2D eigenvalue weighted by molar-refractivity contribution is -0.385. The van der Waals surface area contributed by atoms with E-state index >= 15 is 0 Å². The van der Waals surface area contributed by atoms with Gasteiger partial charge in [0, 0.05) is 33.9 Å². The Hall–Kier alpha value is -6.77. The quantitative estimate of drug-likeness (QED) is 0.230. The molecule has 1 aromatic heterocycles. The number of aryl methyl sites for hydroxylation is 1. The molecule has 2 aliphatic carbocycles. The first-order valence-electron chi connectivity index (χ1n) is 21.6. The standard InChI is InChI=1S/C48H51NO19/c1-25(50)60-24-47-38(64-28(4)53)34(62-26(2)51)33-36(63-27(3)52)48(47)46(7,59)37(35(65-40(54)29-15-10-8-11-16-29)39(47)66-41(55)30-17-12-9-13-18-30)67-43(57)44(5,58)21-20-32-31(19-14-22-49-32)42(56)61-23-45(33,6)68-48/h8-19,22,33-39,58-59H,20-21,23-24H2,1-7H3/t33-,34-,35+,36-,37+,38-,39+,44+,45+,46+,47-,48+/m1/s1. The lowest BCUT2D eigenvalue weighted by atomic mass is 9.45. The fraction of sp³-hybridized carbons (Fsp3) is 0.479. The minimum atomic E-state index is -3.03. The molecule has 2 aliphatic heterocycles. The average Bonchev–Trinajstić information content (AvgIpc) is 3.50. The number of fused-ring (bicyclic) bond motifs is 5. The first kappa shape index (κ1) is 49.1. The van der Waals surface area contributed by atoms with Crippen molar-refractivity contribution in [3.05, 3.63) is 101 Å². The van der Waals surface area contributed by atoms with Crippen molar-refractivity contribution < 1.29 is 91.2 Å². The number of cyclic esters (lactones) is 1. The highest BCUT2D eigenvalue weighted by molar-refractivity contribution is 5.91. The maximum Gasteiger partial charge on any atom is 0.340 e. The molecule has 12 atom stereocenters. The predicted molar refractivity (Wildman–Crippen MR) is 227 cm³/mol. The van der Waals surface area contributed by atoms with Crippen LogP contribution in [0.25, 0.3) is 0 Å². The molecule has 20 heteroatoms. The first-order chi connectivity index (χ1) is 32.0. The molecule has 1 spiro atoms. The van der Waals surface area contributed by atoms with Crippen molar-refractivity contribution in [2.75, 3.05) is 13.2 Å². The van der Waals surface area contributed by atoms with Crippen LogP contribution in [0.4, 0.5) is 0 Å². The average molecular weight is 946 g/mol. The number of aliphatic hydroxyl groups is 2. The molecule has 0 unspecified atom stereocenters. The molecule has 362 valence electrons. The monoisotopic (exact) mass is 945 g/mol. The van der Waals surface area contributed by atoms with Crippen LogP contribution in [0.15, 0.2) is 79.0 Å². The Morgan fingerprint density at radius 1 is 0.691 bits per heavy atom. The summed E-state index contributed by atoms with van der Waals surface area (Å²) in [6.45, 7) is 5.41. The number of ether oxygens (including phenoxy) is 9. The van der Waals surface area contributed by atoms with Gasteiger partial charge >= 0.3 is 47.8 Å². The first-order valence-corrected chi connectivity index (χ1v) is 21.6. The summed E-state index contributed by atoms with van der Waals surface area (Å²) in [5.74, 6) is -10.7. The minimum Gasteiger partial charge on any atom is -0.465 e. The second-order valence-corrected chi connectivity index (χ2v) is 17.9. The van der Waals surface area contributed by atoms with Crippen molar-refractivity contribution in [1.82, 2.24) is 4.98 Å². The normalized spacial score (nSPS) is 34.0. The SMILES string of the molecule is CC(=O)OC[C@]12[C@H](OC(C)=O)[C@H](OC(C)=O)[C@@H]3[C@@H](OC(C)=O)[C@@]14O[C@@]3(C)COC(=O)c1cccnc1CC[C@](C)(O)C(=O)O[C@@H]([C@H](OC(=O)c1ccccc1)[C@@H]2OC(=O)c1ccccc1)[C@]4(C)O. The van der Waals surface area contributed by atoms with Gasteiger partial charge < -0.3 is 52.8 Å². The van der Waals surface area contributed by atoms with Gasteiger partial charge in [-0.1, -0.05) is 36.4 Å². The summed E-state index contributed by atoms with van der Waals surface area (Å²) < 4.78 is 56.1. The van der Waals surface area contributed by atoms with E-state index in [9.17, 15) is 48.6 Å². The third-order valence-electron chi connectivity index (χ3n) is 13.1. The molecule has 7 rings (SSSR count). The molecule has 0 amide bonds. The minimum absolute atomic E-state index is 0.0782. The molecule has 2 N–H and O–H groups in total. The van der Waals surface area contributed by atoms with Crippen molar-refractivity contribution in [2.24, 2.45) is 11.3 Å². The molecule has 20 nitrogen and oxygen atoms in total. The molecule has 4 bridgehead atoms. The number of hydrogen-bond acceptors (Lipinski definition) is 20. The van der Waals surface area contributed by atoms with E-state index in [0.717, 1.165) is 41.5 Å². The molecule has 3 heterocycles. The Bertz CT molecular complexity index is 2490. The Labute approximate surface area is 389 Å². The number of pyridine rings is 1. The van der Waals surface area contributed by atoms with E-state index < -0.39 is 138 Å². The van der Waals surface area contributed by atoms with Crippen LogP contribution < -0.4 is 0 Å². The van der Waals surface area contributed by atoms with Gasteiger partial charge in [0.25, 0.3) is 0 Å². The van der Waals surface area contributed by atoms with Gasteiger partial charge in [-0.2, -0.15) is 0 Å². The van der Waals surface area contributed by atoms with Gasteiger partial charge in [0.05, 0.1) is 28.3 Å². The fourth-order valence-electron chi connectivity index (χ4n) is 10.3. The summed E-state index contributed by atoms with van der Waals surface area (Å²) >= 11 is 0. The molecular formula is C48H51NO19. The van der Waals surface area contributed by atoms with Crippen molar-refractivity contribution in [1.29, 1.82) is 0 Å². The summed E-state index contributed by atoms with van der Waals surface area (Å²) in [6, 6.07) is 17.4. The summed E-state index contributed by atoms with van der Waals surface area (Å²) in [5.41, 5.74) is -13.7. The number of benzene rings is 2. The van der Waals surface area contributed by atoms with Crippen LogP contribution >= 0.6 is 0 Å². The van der Waals surface area contributed by atoms with E-state index in [0.29, 0.717) is 0 Å². The number of rotatable bonds is 9. The molecule has 0 radical (unpaired) electrons. The summed E-state index contributed by atoms with van der Waals surface area (Å²) in [6.07, 6.45) is -12.4. The van der Waals surface area contributed by atoms with Gasteiger partial charge in [-0.15, -0.1) is 0 Å². The van der Waals surface area contributed by atoms with E-state index in [1.807, 2.05) is 0 Å². The van der Waals surface area contributed by atoms with Gasteiger partial charge in [-0.25, -0.2) is 19.2 Å². The third-order valence-corrected chi connectivity index (χ3v) is 13.1. The number of esters is 8. The van der Waals surface area contributed by atoms with E-state index in [-0.39, 0.29) is 28.8 Å². The van der Waals surface area contributed by atoms with Crippen LogP contribution in [-0.4, -0.2) is 135 Å². The van der Waals surface area contributed by atoms with Crippen LogP contribution in [0.1, 0.15) is 91.7 Å². The van der Waals surface area contributed by atoms with E-state index in [4.69, 9.17) is 42.6 Å². The highest BCUT2D eigenvalue weighted by Crippen LogP contribution is 2.70. The van der Waals surface area contributed by atoms with Crippen molar-refractivity contribution in [2.45, 2.75) is 120 Å². The maximum absolute atomic E-state index is 14.7. The molecule has 2 aromatic carbocycles. The van der Waals surface area contributed by atoms with Crippen molar-refractivity contribution in [3.8, 4) is 0 Å². The van der Waals surface area contributed by atoms with Crippen molar-refractivity contribution in [3.63, 3.8) is 0 Å². The van der Waals surface area contributed by atoms with E-state index in [1.54, 1.807) is 12.1 Å². The third kappa shape index (κ3) is 8.44. The lowest BCUT2D eigenvalue weighted by Gasteiger charge is -2.67. The lowest BCUT2D eigenvalue weighted by Crippen LogP contribution is -2.89. The highest BCUT2D eigenvalue weighted by Gasteiger charge is 2.92. The molecule has 1 saturated heterocycles. The number of nitrogens with zero attached hydrogens (tertiary/aromatic N) is 1. The predicted octanol–water partition coefficient (Wildman–Crippen LogP) is 2.57. The van der Waals surface area contributed by atoms with Crippen LogP contribution in [0, 0.1) is 11.3 Å². The fourth-order valence-corrected chi connectivity index (χ4v) is 10.3.